The van der Waals surface area contributed by atoms with E-state index in [1.165, 1.54) is 11.0 Å². The summed E-state index contributed by atoms with van der Waals surface area (Å²) in [7, 11) is 0. The normalized spacial score (nSPS) is 11.9. The first-order chi connectivity index (χ1) is 11.2. The number of aromatic nitrogens is 4. The third kappa shape index (κ3) is 3.73. The molecule has 2 aromatic heterocycles. The van der Waals surface area contributed by atoms with Gasteiger partial charge in [0.05, 0.1) is 18.0 Å². The average molecular weight is 313 g/mol. The molecule has 0 radical (unpaired) electrons. The maximum absolute atomic E-state index is 11.9. The summed E-state index contributed by atoms with van der Waals surface area (Å²) < 4.78 is 12.2. The van der Waals surface area contributed by atoms with Crippen molar-refractivity contribution in [3.05, 3.63) is 54.7 Å². The minimum Gasteiger partial charge on any atom is -0.484 e. The van der Waals surface area contributed by atoms with E-state index in [0.717, 1.165) is 5.69 Å². The Labute approximate surface area is 132 Å². The minimum absolute atomic E-state index is 0.0741. The standard InChI is InChI=1S/C15H15N5O3/c1-11(14-3-2-8-22-14)17-15(21)9-23-13-6-4-12(5-7-13)20-10-16-18-19-20/h2-8,10-11H,9H2,1H3,(H,17,21)/t11-/m1/s1. The van der Waals surface area contributed by atoms with E-state index in [1.807, 2.05) is 13.0 Å². The SMILES string of the molecule is C[C@@H](NC(=O)COc1ccc(-n2cnnn2)cc1)c1ccco1. The van der Waals surface area contributed by atoms with Crippen LogP contribution in [0.4, 0.5) is 0 Å². The molecule has 1 N–H and O–H groups in total. The highest BCUT2D eigenvalue weighted by Crippen LogP contribution is 2.15. The molecule has 1 aromatic carbocycles. The van der Waals surface area contributed by atoms with Gasteiger partial charge in [-0.05, 0) is 53.7 Å². The van der Waals surface area contributed by atoms with E-state index in [2.05, 4.69) is 20.8 Å². The third-order valence-electron chi connectivity index (χ3n) is 3.17. The van der Waals surface area contributed by atoms with Gasteiger partial charge in [0, 0.05) is 0 Å². The molecule has 0 aliphatic carbocycles. The van der Waals surface area contributed by atoms with Crippen LogP contribution in [-0.4, -0.2) is 32.7 Å². The third-order valence-corrected chi connectivity index (χ3v) is 3.17. The molecule has 0 spiro atoms. The van der Waals surface area contributed by atoms with Gasteiger partial charge in [-0.3, -0.25) is 4.79 Å². The lowest BCUT2D eigenvalue weighted by molar-refractivity contribution is -0.123. The van der Waals surface area contributed by atoms with Crippen LogP contribution < -0.4 is 10.1 Å². The Morgan fingerprint density at radius 1 is 1.35 bits per heavy atom. The molecule has 0 aliphatic heterocycles. The number of ether oxygens (including phenoxy) is 1. The number of hydrogen-bond donors (Lipinski definition) is 1. The van der Waals surface area contributed by atoms with Crippen molar-refractivity contribution < 1.29 is 13.9 Å². The molecule has 0 saturated heterocycles. The van der Waals surface area contributed by atoms with E-state index in [0.29, 0.717) is 11.5 Å². The topological polar surface area (TPSA) is 95.1 Å². The fraction of sp³-hybridized carbons (Fsp3) is 0.200. The van der Waals surface area contributed by atoms with E-state index in [-0.39, 0.29) is 18.6 Å². The van der Waals surface area contributed by atoms with Gasteiger partial charge in [-0.15, -0.1) is 5.10 Å². The molecule has 3 aromatic rings. The van der Waals surface area contributed by atoms with Crippen LogP contribution in [0, 0.1) is 0 Å². The second-order valence-electron chi connectivity index (χ2n) is 4.84. The van der Waals surface area contributed by atoms with Crippen molar-refractivity contribution in [1.29, 1.82) is 0 Å². The summed E-state index contributed by atoms with van der Waals surface area (Å²) in [6.45, 7) is 1.77. The van der Waals surface area contributed by atoms with E-state index in [4.69, 9.17) is 9.15 Å². The molecule has 0 aliphatic rings. The summed E-state index contributed by atoms with van der Waals surface area (Å²) in [6, 6.07) is 10.5. The summed E-state index contributed by atoms with van der Waals surface area (Å²) in [4.78, 5) is 11.9. The maximum atomic E-state index is 11.9. The van der Waals surface area contributed by atoms with Gasteiger partial charge in [0.25, 0.3) is 5.91 Å². The molecule has 0 fully saturated rings. The van der Waals surface area contributed by atoms with Crippen molar-refractivity contribution in [1.82, 2.24) is 25.5 Å². The molecule has 23 heavy (non-hydrogen) atoms. The first kappa shape index (κ1) is 14.8. The summed E-state index contributed by atoms with van der Waals surface area (Å²) in [6.07, 6.45) is 3.07. The number of carbonyl (C=O) groups excluding carboxylic acids is 1. The Hall–Kier alpha value is -3.16. The van der Waals surface area contributed by atoms with Gasteiger partial charge in [-0.2, -0.15) is 0 Å². The van der Waals surface area contributed by atoms with Crippen LogP contribution in [0.5, 0.6) is 5.75 Å². The number of nitrogens with one attached hydrogen (secondary N) is 1. The fourth-order valence-electron chi connectivity index (χ4n) is 2.02. The zero-order valence-electron chi connectivity index (χ0n) is 12.4. The highest BCUT2D eigenvalue weighted by molar-refractivity contribution is 5.77. The molecule has 8 nitrogen and oxygen atoms in total. The lowest BCUT2D eigenvalue weighted by atomic mass is 10.2. The molecule has 3 rings (SSSR count). The number of nitrogens with zero attached hydrogens (tertiary/aromatic N) is 4. The maximum Gasteiger partial charge on any atom is 0.258 e. The van der Waals surface area contributed by atoms with Gasteiger partial charge < -0.3 is 14.5 Å². The van der Waals surface area contributed by atoms with Crippen LogP contribution in [-0.2, 0) is 4.79 Å². The van der Waals surface area contributed by atoms with Crippen LogP contribution in [0.25, 0.3) is 5.69 Å². The fourth-order valence-corrected chi connectivity index (χ4v) is 2.02. The van der Waals surface area contributed by atoms with Crippen molar-refractivity contribution in [2.75, 3.05) is 6.61 Å². The second-order valence-corrected chi connectivity index (χ2v) is 4.84. The van der Waals surface area contributed by atoms with Crippen molar-refractivity contribution in [3.8, 4) is 11.4 Å². The molecule has 8 heteroatoms. The van der Waals surface area contributed by atoms with Gasteiger partial charge in [0.1, 0.15) is 17.8 Å². The Kier molecular flexibility index (Phi) is 4.32. The second kappa shape index (κ2) is 6.73. The molecule has 1 amide bonds. The Balaban J connectivity index is 1.51. The molecule has 2 heterocycles. The number of benzene rings is 1. The van der Waals surface area contributed by atoms with Gasteiger partial charge in [0.2, 0.25) is 0 Å². The van der Waals surface area contributed by atoms with Crippen LogP contribution in [0.1, 0.15) is 18.7 Å². The van der Waals surface area contributed by atoms with Crippen molar-refractivity contribution in [2.24, 2.45) is 0 Å². The zero-order valence-corrected chi connectivity index (χ0v) is 12.4. The molecular weight excluding hydrogens is 298 g/mol. The average Bonchev–Trinajstić information content (AvgIpc) is 3.26. The molecule has 1 atom stereocenters. The van der Waals surface area contributed by atoms with Crippen molar-refractivity contribution >= 4 is 5.91 Å². The Morgan fingerprint density at radius 3 is 2.83 bits per heavy atom. The number of furan rings is 1. The van der Waals surface area contributed by atoms with E-state index >= 15 is 0 Å². The summed E-state index contributed by atoms with van der Waals surface area (Å²) in [5.41, 5.74) is 0.804. The van der Waals surface area contributed by atoms with Gasteiger partial charge in [0.15, 0.2) is 6.61 Å². The minimum atomic E-state index is -0.224. The van der Waals surface area contributed by atoms with Crippen LogP contribution in [0.2, 0.25) is 0 Å². The van der Waals surface area contributed by atoms with Crippen LogP contribution in [0.15, 0.2) is 53.4 Å². The highest BCUT2D eigenvalue weighted by Gasteiger charge is 2.12. The smallest absolute Gasteiger partial charge is 0.258 e. The number of tetrazole rings is 1. The van der Waals surface area contributed by atoms with Gasteiger partial charge in [-0.25, -0.2) is 4.68 Å². The van der Waals surface area contributed by atoms with E-state index in [9.17, 15) is 4.79 Å². The first-order valence-corrected chi connectivity index (χ1v) is 7.01. The predicted molar refractivity (Wildman–Crippen MR) is 79.9 cm³/mol. The summed E-state index contributed by atoms with van der Waals surface area (Å²) >= 11 is 0. The molecule has 0 saturated carbocycles. The van der Waals surface area contributed by atoms with Gasteiger partial charge in [-0.1, -0.05) is 0 Å². The lowest BCUT2D eigenvalue weighted by Gasteiger charge is -2.12. The largest absolute Gasteiger partial charge is 0.484 e. The van der Waals surface area contributed by atoms with E-state index < -0.39 is 0 Å². The number of hydrogen-bond acceptors (Lipinski definition) is 6. The Morgan fingerprint density at radius 2 is 2.17 bits per heavy atom. The number of rotatable bonds is 6. The molecular formula is C15H15N5O3. The summed E-state index contributed by atoms with van der Waals surface area (Å²) in [5, 5.41) is 13.7. The zero-order chi connectivity index (χ0) is 16.1. The molecule has 0 unspecified atom stereocenters. The summed E-state index contributed by atoms with van der Waals surface area (Å²) in [5.74, 6) is 1.06. The van der Waals surface area contributed by atoms with Crippen LogP contribution in [0.3, 0.4) is 0 Å². The molecule has 118 valence electrons. The number of carbonyl (C=O) groups is 1. The van der Waals surface area contributed by atoms with E-state index in [1.54, 1.807) is 36.6 Å². The lowest BCUT2D eigenvalue weighted by Crippen LogP contribution is -2.31. The van der Waals surface area contributed by atoms with Crippen molar-refractivity contribution in [2.45, 2.75) is 13.0 Å². The van der Waals surface area contributed by atoms with Crippen LogP contribution >= 0.6 is 0 Å². The quantitative estimate of drug-likeness (QED) is 0.741. The van der Waals surface area contributed by atoms with Crippen molar-refractivity contribution in [3.63, 3.8) is 0 Å². The predicted octanol–water partition coefficient (Wildman–Crippen LogP) is 1.51. The first-order valence-electron chi connectivity index (χ1n) is 7.01. The molecule has 0 bridgehead atoms. The van der Waals surface area contributed by atoms with Gasteiger partial charge >= 0.3 is 0 Å². The Bertz CT molecular complexity index is 738. The number of amides is 1. The monoisotopic (exact) mass is 313 g/mol. The highest BCUT2D eigenvalue weighted by atomic mass is 16.5.